The van der Waals surface area contributed by atoms with Crippen LogP contribution >= 0.6 is 33.2 Å². The summed E-state index contributed by atoms with van der Waals surface area (Å²) in [4.78, 5) is 0. The SMILES string of the molecule is CCC(C)C1(C)CC1.Cl[SiH](Cl)Cl. The van der Waals surface area contributed by atoms with Crippen LogP contribution in [0, 0.1) is 11.3 Å². The third-order valence-corrected chi connectivity index (χ3v) is 2.84. The molecule has 1 atom stereocenters. The number of rotatable bonds is 2. The normalized spacial score (nSPS) is 21.2. The van der Waals surface area contributed by atoms with E-state index in [1.165, 1.54) is 19.3 Å². The summed E-state index contributed by atoms with van der Waals surface area (Å²) in [5.41, 5.74) is 0.759. The van der Waals surface area contributed by atoms with Gasteiger partial charge in [0.05, 0.1) is 0 Å². The van der Waals surface area contributed by atoms with Crippen molar-refractivity contribution in [1.82, 2.24) is 0 Å². The van der Waals surface area contributed by atoms with Crippen molar-refractivity contribution >= 4 is 40.0 Å². The molecule has 74 valence electrons. The monoisotopic (exact) mass is 246 g/mol. The molecule has 0 heterocycles. The predicted molar refractivity (Wildman–Crippen MR) is 61.5 cm³/mol. The molecule has 12 heavy (non-hydrogen) atoms. The van der Waals surface area contributed by atoms with Crippen LogP contribution in [-0.2, 0) is 0 Å². The van der Waals surface area contributed by atoms with E-state index in [0.717, 1.165) is 11.3 Å². The van der Waals surface area contributed by atoms with Crippen molar-refractivity contribution in [3.8, 4) is 0 Å². The molecule has 4 heteroatoms. The van der Waals surface area contributed by atoms with Gasteiger partial charge >= 0.3 is 6.73 Å². The van der Waals surface area contributed by atoms with Crippen molar-refractivity contribution in [2.75, 3.05) is 0 Å². The topological polar surface area (TPSA) is 0 Å². The van der Waals surface area contributed by atoms with E-state index >= 15 is 0 Å². The lowest BCUT2D eigenvalue weighted by Crippen LogP contribution is -2.05. The highest BCUT2D eigenvalue weighted by atomic mass is 35.8. The zero-order valence-corrected chi connectivity index (χ0v) is 11.3. The molecule has 0 aromatic rings. The average Bonchev–Trinajstić information content (AvgIpc) is 2.66. The second kappa shape index (κ2) is 5.74. The molecule has 0 bridgehead atoms. The van der Waals surface area contributed by atoms with E-state index in [4.69, 9.17) is 33.2 Å². The molecule has 1 aliphatic carbocycles. The van der Waals surface area contributed by atoms with E-state index in [1.807, 2.05) is 0 Å². The lowest BCUT2D eigenvalue weighted by Gasteiger charge is -2.15. The summed E-state index contributed by atoms with van der Waals surface area (Å²) in [5, 5.41) is 0. The van der Waals surface area contributed by atoms with Gasteiger partial charge in [0.1, 0.15) is 0 Å². The largest absolute Gasteiger partial charge is 0.326 e. The first-order valence-corrected chi connectivity index (χ1v) is 9.58. The van der Waals surface area contributed by atoms with Gasteiger partial charge in [0.2, 0.25) is 0 Å². The van der Waals surface area contributed by atoms with Crippen LogP contribution in [0.4, 0.5) is 0 Å². The van der Waals surface area contributed by atoms with Crippen molar-refractivity contribution in [3.05, 3.63) is 0 Å². The van der Waals surface area contributed by atoms with E-state index in [9.17, 15) is 0 Å². The van der Waals surface area contributed by atoms with E-state index in [2.05, 4.69) is 20.8 Å². The van der Waals surface area contributed by atoms with Crippen LogP contribution < -0.4 is 0 Å². The fourth-order valence-corrected chi connectivity index (χ4v) is 1.18. The molecule has 1 unspecified atom stereocenters. The third kappa shape index (κ3) is 5.68. The third-order valence-electron chi connectivity index (χ3n) is 2.84. The summed E-state index contributed by atoms with van der Waals surface area (Å²) in [6.07, 6.45) is 4.31. The molecule has 0 aromatic heterocycles. The first-order chi connectivity index (χ1) is 5.42. The Morgan fingerprint density at radius 1 is 1.33 bits per heavy atom. The summed E-state index contributed by atoms with van der Waals surface area (Å²) < 4.78 is 0. The Morgan fingerprint density at radius 2 is 1.67 bits per heavy atom. The summed E-state index contributed by atoms with van der Waals surface area (Å²) in [7, 11) is 0. The van der Waals surface area contributed by atoms with E-state index < -0.39 is 6.73 Å². The standard InChI is InChI=1S/C8H16.Cl3HSi/c1-4-7(2)8(3)5-6-8;1-4(2)3/h7H,4-6H2,1-3H3;4H. The first kappa shape index (κ1) is 13.1. The highest BCUT2D eigenvalue weighted by molar-refractivity contribution is 7.54. The average molecular weight is 248 g/mol. The highest BCUT2D eigenvalue weighted by Crippen LogP contribution is 2.52. The van der Waals surface area contributed by atoms with Crippen molar-refractivity contribution in [1.29, 1.82) is 0 Å². The van der Waals surface area contributed by atoms with E-state index in [-0.39, 0.29) is 0 Å². The van der Waals surface area contributed by atoms with Gasteiger partial charge in [-0.2, -0.15) is 0 Å². The minimum absolute atomic E-state index is 0.759. The van der Waals surface area contributed by atoms with Gasteiger partial charge in [-0.05, 0) is 24.2 Å². The van der Waals surface area contributed by atoms with Gasteiger partial charge in [-0.15, -0.1) is 33.2 Å². The molecule has 0 spiro atoms. The summed E-state index contributed by atoms with van der Waals surface area (Å²) in [6, 6.07) is 0. The fourth-order valence-electron chi connectivity index (χ4n) is 1.18. The zero-order valence-electron chi connectivity index (χ0n) is 7.91. The molecule has 0 radical (unpaired) electrons. The molecule has 0 nitrogen and oxygen atoms in total. The Balaban J connectivity index is 0.000000261. The van der Waals surface area contributed by atoms with Gasteiger partial charge in [0.25, 0.3) is 0 Å². The molecular formula is C8H17Cl3Si. The number of halogens is 3. The molecule has 1 rings (SSSR count). The quantitative estimate of drug-likeness (QED) is 0.505. The maximum Gasteiger partial charge on any atom is 0.326 e. The highest BCUT2D eigenvalue weighted by Gasteiger charge is 2.41. The van der Waals surface area contributed by atoms with Crippen LogP contribution in [0.5, 0.6) is 0 Å². The maximum atomic E-state index is 4.94. The molecule has 0 aliphatic heterocycles. The van der Waals surface area contributed by atoms with E-state index in [0.29, 0.717) is 0 Å². The van der Waals surface area contributed by atoms with Gasteiger partial charge < -0.3 is 0 Å². The lowest BCUT2D eigenvalue weighted by atomic mass is 9.91. The Labute approximate surface area is 91.3 Å². The van der Waals surface area contributed by atoms with Crippen molar-refractivity contribution in [2.45, 2.75) is 40.0 Å². The molecule has 1 saturated carbocycles. The molecule has 1 fully saturated rings. The zero-order chi connectivity index (χ0) is 9.78. The minimum Gasteiger partial charge on any atom is -0.130 e. The molecule has 1 aliphatic rings. The van der Waals surface area contributed by atoms with Crippen LogP contribution in [0.15, 0.2) is 0 Å². The Bertz CT molecular complexity index is 121. The smallest absolute Gasteiger partial charge is 0.130 e. The van der Waals surface area contributed by atoms with Crippen LogP contribution in [0.3, 0.4) is 0 Å². The molecule has 0 N–H and O–H groups in total. The van der Waals surface area contributed by atoms with Crippen LogP contribution in [0.2, 0.25) is 0 Å². The van der Waals surface area contributed by atoms with Gasteiger partial charge in [-0.25, -0.2) is 0 Å². The van der Waals surface area contributed by atoms with Crippen molar-refractivity contribution in [3.63, 3.8) is 0 Å². The Morgan fingerprint density at radius 3 is 1.75 bits per heavy atom. The lowest BCUT2D eigenvalue weighted by molar-refractivity contribution is 0.354. The number of hydrogen-bond donors (Lipinski definition) is 0. The minimum atomic E-state index is -1.72. The van der Waals surface area contributed by atoms with Crippen molar-refractivity contribution < 1.29 is 0 Å². The molecule has 0 saturated heterocycles. The van der Waals surface area contributed by atoms with Gasteiger partial charge in [0, 0.05) is 0 Å². The second-order valence-corrected chi connectivity index (χ2v) is 10.1. The molecular weight excluding hydrogens is 231 g/mol. The summed E-state index contributed by atoms with van der Waals surface area (Å²) >= 11 is 14.8. The second-order valence-electron chi connectivity index (χ2n) is 3.71. The molecule has 0 aromatic carbocycles. The van der Waals surface area contributed by atoms with Crippen LogP contribution in [0.1, 0.15) is 40.0 Å². The predicted octanol–water partition coefficient (Wildman–Crippen LogP) is 4.25. The first-order valence-electron chi connectivity index (χ1n) is 4.34. The molecule has 0 amide bonds. The van der Waals surface area contributed by atoms with Gasteiger partial charge in [0.15, 0.2) is 0 Å². The van der Waals surface area contributed by atoms with Crippen LogP contribution in [-0.4, -0.2) is 6.73 Å². The Hall–Kier alpha value is 1.09. The van der Waals surface area contributed by atoms with Crippen molar-refractivity contribution in [2.24, 2.45) is 11.3 Å². The fraction of sp³-hybridized carbons (Fsp3) is 1.00. The summed E-state index contributed by atoms with van der Waals surface area (Å²) in [6.45, 7) is 5.34. The van der Waals surface area contributed by atoms with Crippen LogP contribution in [0.25, 0.3) is 0 Å². The maximum absolute atomic E-state index is 4.94. The van der Waals surface area contributed by atoms with E-state index in [1.54, 1.807) is 0 Å². The number of hydrogen-bond acceptors (Lipinski definition) is 0. The Kier molecular flexibility index (Phi) is 6.26. The van der Waals surface area contributed by atoms with Gasteiger partial charge in [-0.1, -0.05) is 27.2 Å². The summed E-state index contributed by atoms with van der Waals surface area (Å²) in [5.74, 6) is 0.961. The van der Waals surface area contributed by atoms with Gasteiger partial charge in [-0.3, -0.25) is 0 Å².